The lowest BCUT2D eigenvalue weighted by Crippen LogP contribution is -2.42. The Balaban J connectivity index is 1.48. The van der Waals surface area contributed by atoms with Crippen molar-refractivity contribution in [1.82, 2.24) is 9.71 Å². The van der Waals surface area contributed by atoms with Crippen LogP contribution in [0.1, 0.15) is 26.4 Å². The third-order valence-electron chi connectivity index (χ3n) is 5.10. The molecule has 0 aliphatic rings. The number of nitrogens with one attached hydrogen (secondary N) is 2. The minimum atomic E-state index is -4.11. The van der Waals surface area contributed by atoms with Crippen molar-refractivity contribution in [1.29, 1.82) is 0 Å². The van der Waals surface area contributed by atoms with E-state index in [9.17, 15) is 18.3 Å². The molecule has 0 aliphatic heterocycles. The van der Waals surface area contributed by atoms with E-state index in [1.807, 2.05) is 24.3 Å². The van der Waals surface area contributed by atoms with Crippen molar-refractivity contribution in [3.63, 3.8) is 0 Å². The Labute approximate surface area is 196 Å². The van der Waals surface area contributed by atoms with Gasteiger partial charge in [-0.25, -0.2) is 8.42 Å². The number of aromatic nitrogens is 1. The Morgan fingerprint density at radius 3 is 2.30 bits per heavy atom. The van der Waals surface area contributed by atoms with E-state index in [-0.39, 0.29) is 16.9 Å². The van der Waals surface area contributed by atoms with Gasteiger partial charge < -0.3 is 10.1 Å². The number of aryl methyl sites for hydroxylation is 1. The van der Waals surface area contributed by atoms with Crippen LogP contribution in [0.3, 0.4) is 0 Å². The van der Waals surface area contributed by atoms with Crippen molar-refractivity contribution < 1.29 is 22.4 Å². The molecule has 0 amide bonds. The van der Waals surface area contributed by atoms with Crippen molar-refractivity contribution in [3.8, 4) is 11.8 Å². The molecule has 0 fully saturated rings. The van der Waals surface area contributed by atoms with Gasteiger partial charge in [0.1, 0.15) is 6.04 Å². The molecule has 1 heterocycles. The molecule has 0 saturated heterocycles. The zero-order valence-electron chi connectivity index (χ0n) is 20.4. The molecule has 7 heteroatoms. The number of fused-ring (bicyclic) bond motifs is 1. The number of H-pyrrole nitrogens is 1. The molecule has 0 spiro atoms. The van der Waals surface area contributed by atoms with Crippen molar-refractivity contribution in [3.05, 3.63) is 101 Å². The Morgan fingerprint density at radius 1 is 1.03 bits per heavy atom. The molecule has 0 aliphatic carbocycles. The number of rotatable bonds is 6. The largest absolute Gasteiger partial charge is 0.480 e. The molecule has 6 nitrogen and oxygen atoms in total. The Bertz CT molecular complexity index is 1560. The predicted molar refractivity (Wildman–Crippen MR) is 127 cm³/mol. The van der Waals surface area contributed by atoms with E-state index < -0.39 is 28.9 Å². The lowest BCUT2D eigenvalue weighted by atomic mass is 10.1. The van der Waals surface area contributed by atoms with Gasteiger partial charge in [-0.2, -0.15) is 4.72 Å². The second-order valence-electron chi connectivity index (χ2n) is 7.43. The molecule has 1 aromatic heterocycles. The molecule has 4 rings (SSSR count). The normalized spacial score (nSPS) is 13.9. The fourth-order valence-corrected chi connectivity index (χ4v) is 4.56. The maximum absolute atomic E-state index is 12.9. The molecule has 1 atom stereocenters. The third-order valence-corrected chi connectivity index (χ3v) is 6.58. The summed E-state index contributed by atoms with van der Waals surface area (Å²) in [7, 11) is -4.11. The highest BCUT2D eigenvalue weighted by molar-refractivity contribution is 7.89. The second-order valence-corrected chi connectivity index (χ2v) is 9.14. The van der Waals surface area contributed by atoms with E-state index in [1.165, 1.54) is 36.4 Å². The average Bonchev–Trinajstić information content (AvgIpc) is 3.25. The first-order chi connectivity index (χ1) is 17.0. The van der Waals surface area contributed by atoms with E-state index in [0.29, 0.717) is 16.7 Å². The molecule has 4 aromatic rings. The van der Waals surface area contributed by atoms with Crippen LogP contribution < -0.4 is 4.72 Å². The second kappa shape index (κ2) is 9.33. The standard InChI is InChI=1S/C26H22N2O4S/c1-18-6-8-19(9-7-18)10-11-20-12-14-22(15-13-20)33(31,32)28-25(26(29)30)16-21-17-27-24-5-3-2-4-23(21)24/h2-9,12-15,17,25,27-28H,16H2,1H3,(H,29,30)/t25-/m1/s1/i1D3. The lowest BCUT2D eigenvalue weighted by Gasteiger charge is -2.14. The van der Waals surface area contributed by atoms with Crippen LogP contribution in [0.15, 0.2) is 83.9 Å². The van der Waals surface area contributed by atoms with E-state index in [1.54, 1.807) is 18.3 Å². The highest BCUT2D eigenvalue weighted by atomic mass is 32.2. The monoisotopic (exact) mass is 461 g/mol. The van der Waals surface area contributed by atoms with Gasteiger partial charge in [0.2, 0.25) is 10.0 Å². The van der Waals surface area contributed by atoms with Crippen LogP contribution in [0.2, 0.25) is 0 Å². The number of carboxylic acid groups (broad SMARTS) is 1. The van der Waals surface area contributed by atoms with Gasteiger partial charge in [0.15, 0.2) is 0 Å². The van der Waals surface area contributed by atoms with Crippen LogP contribution in [-0.4, -0.2) is 30.5 Å². The van der Waals surface area contributed by atoms with Gasteiger partial charge in [-0.3, -0.25) is 4.79 Å². The van der Waals surface area contributed by atoms with Crippen LogP contribution in [0.5, 0.6) is 0 Å². The lowest BCUT2D eigenvalue weighted by molar-refractivity contribution is -0.138. The fraction of sp³-hybridized carbons (Fsp3) is 0.115. The summed E-state index contributed by atoms with van der Waals surface area (Å²) in [5, 5.41) is 10.5. The molecule has 166 valence electrons. The van der Waals surface area contributed by atoms with Gasteiger partial charge in [0.05, 0.1) is 4.90 Å². The summed E-state index contributed by atoms with van der Waals surface area (Å²) in [6.45, 7) is -2.18. The van der Waals surface area contributed by atoms with E-state index in [0.717, 1.165) is 10.9 Å². The van der Waals surface area contributed by atoms with Crippen LogP contribution in [0, 0.1) is 18.7 Å². The topological polar surface area (TPSA) is 99.3 Å². The van der Waals surface area contributed by atoms with E-state index in [2.05, 4.69) is 21.5 Å². The molecule has 0 saturated carbocycles. The van der Waals surface area contributed by atoms with Gasteiger partial charge in [0.25, 0.3) is 0 Å². The minimum Gasteiger partial charge on any atom is -0.480 e. The van der Waals surface area contributed by atoms with Gasteiger partial charge in [-0.1, -0.05) is 47.7 Å². The number of hydrogen-bond acceptors (Lipinski definition) is 3. The minimum absolute atomic E-state index is 0.0251. The highest BCUT2D eigenvalue weighted by Crippen LogP contribution is 2.20. The summed E-state index contributed by atoms with van der Waals surface area (Å²) in [5.41, 5.74) is 2.91. The summed E-state index contributed by atoms with van der Waals surface area (Å²) >= 11 is 0. The maximum Gasteiger partial charge on any atom is 0.322 e. The number of benzene rings is 3. The first-order valence-corrected chi connectivity index (χ1v) is 11.5. The van der Waals surface area contributed by atoms with Crippen molar-refractivity contribution in [2.24, 2.45) is 0 Å². The van der Waals surface area contributed by atoms with Crippen molar-refractivity contribution >= 4 is 26.9 Å². The van der Waals surface area contributed by atoms with Gasteiger partial charge in [-0.05, 0) is 54.9 Å². The number of aliphatic carboxylic acids is 1. The number of carboxylic acids is 1. The van der Waals surface area contributed by atoms with Crippen LogP contribution in [0.25, 0.3) is 10.9 Å². The average molecular weight is 462 g/mol. The zero-order valence-corrected chi connectivity index (χ0v) is 18.2. The van der Waals surface area contributed by atoms with Crippen LogP contribution in [-0.2, 0) is 21.2 Å². The molecular formula is C26H22N2O4S. The molecule has 0 radical (unpaired) electrons. The maximum atomic E-state index is 12.9. The molecule has 0 unspecified atom stereocenters. The molecular weight excluding hydrogens is 436 g/mol. The number of aromatic amines is 1. The van der Waals surface area contributed by atoms with Crippen LogP contribution in [0.4, 0.5) is 0 Å². The van der Waals surface area contributed by atoms with Gasteiger partial charge >= 0.3 is 5.97 Å². The summed E-state index contributed by atoms with van der Waals surface area (Å²) in [5.74, 6) is 4.52. The smallest absolute Gasteiger partial charge is 0.322 e. The first kappa shape index (κ1) is 18.7. The number of hydrogen-bond donors (Lipinski definition) is 3. The fourth-order valence-electron chi connectivity index (χ4n) is 3.37. The number of para-hydroxylation sites is 1. The van der Waals surface area contributed by atoms with E-state index in [4.69, 9.17) is 4.11 Å². The highest BCUT2D eigenvalue weighted by Gasteiger charge is 2.26. The van der Waals surface area contributed by atoms with Gasteiger partial charge in [0, 0.05) is 38.8 Å². The molecule has 0 bridgehead atoms. The Kier molecular flexibility index (Phi) is 5.28. The van der Waals surface area contributed by atoms with Crippen molar-refractivity contribution in [2.75, 3.05) is 0 Å². The first-order valence-electron chi connectivity index (χ1n) is 11.6. The summed E-state index contributed by atoms with van der Waals surface area (Å²) < 4.78 is 50.3. The number of carbonyl (C=O) groups is 1. The summed E-state index contributed by atoms with van der Waals surface area (Å²) in [6, 6.07) is 18.0. The molecule has 3 N–H and O–H groups in total. The SMILES string of the molecule is [2H]C([2H])([2H])c1ccc(C#Cc2ccc(S(=O)(=O)N[C@H](Cc3c[nH]c4ccccc34)C(=O)O)cc2)cc1. The molecule has 33 heavy (non-hydrogen) atoms. The Hall–Kier alpha value is -3.86. The Morgan fingerprint density at radius 2 is 1.67 bits per heavy atom. The quantitative estimate of drug-likeness (QED) is 0.380. The zero-order chi connectivity index (χ0) is 25.9. The summed E-state index contributed by atoms with van der Waals surface area (Å²) in [4.78, 5) is 14.8. The van der Waals surface area contributed by atoms with E-state index >= 15 is 0 Å². The van der Waals surface area contributed by atoms with Crippen molar-refractivity contribution in [2.45, 2.75) is 24.2 Å². The predicted octanol–water partition coefficient (Wildman–Crippen LogP) is 3.85. The van der Waals surface area contributed by atoms with Gasteiger partial charge in [-0.15, -0.1) is 0 Å². The third kappa shape index (κ3) is 5.32. The summed E-state index contributed by atoms with van der Waals surface area (Å²) in [6.07, 6.45) is 1.65. The molecule has 3 aromatic carbocycles. The number of sulfonamides is 1. The van der Waals surface area contributed by atoms with Crippen LogP contribution >= 0.6 is 0 Å².